The van der Waals surface area contributed by atoms with Crippen LogP contribution in [0.5, 0.6) is 0 Å². The number of piperazine rings is 2. The van der Waals surface area contributed by atoms with Gasteiger partial charge >= 0.3 is 6.09 Å². The fourth-order valence-corrected chi connectivity index (χ4v) is 11.7. The zero-order chi connectivity index (χ0) is 55.1. The van der Waals surface area contributed by atoms with Gasteiger partial charge in [-0.2, -0.15) is 15.5 Å². The minimum absolute atomic E-state index is 0.0284. The van der Waals surface area contributed by atoms with E-state index in [1.165, 1.54) is 30.7 Å². The van der Waals surface area contributed by atoms with Crippen LogP contribution < -0.4 is 15.1 Å². The molecule has 0 radical (unpaired) electrons. The number of hydrogen-bond acceptors (Lipinski definition) is 15. The largest absolute Gasteiger partial charge is 0.443 e. The van der Waals surface area contributed by atoms with Crippen molar-refractivity contribution in [3.63, 3.8) is 0 Å². The first kappa shape index (κ1) is 53.4. The lowest BCUT2D eigenvalue weighted by molar-refractivity contribution is 0.0246. The Labute approximate surface area is 458 Å². The van der Waals surface area contributed by atoms with Crippen LogP contribution in [0.3, 0.4) is 0 Å². The molecule has 4 aromatic heterocycles. The average Bonchev–Trinajstić information content (AvgIpc) is 4.48. The van der Waals surface area contributed by atoms with Gasteiger partial charge in [0.1, 0.15) is 17.2 Å². The first-order chi connectivity index (χ1) is 38.1. The van der Waals surface area contributed by atoms with Crippen LogP contribution >= 0.6 is 0 Å². The molecule has 21 heteroatoms. The molecule has 79 heavy (non-hydrogen) atoms. The normalized spacial score (nSPS) is 20.4. The third-order valence-electron chi connectivity index (χ3n) is 15.9. The van der Waals surface area contributed by atoms with Crippen molar-refractivity contribution in [2.24, 2.45) is 0 Å². The lowest BCUT2D eigenvalue weighted by atomic mass is 10.0. The highest BCUT2D eigenvalue weighted by Gasteiger charge is 2.40. The molecule has 0 aliphatic carbocycles. The van der Waals surface area contributed by atoms with Gasteiger partial charge in [-0.1, -0.05) is 18.2 Å². The van der Waals surface area contributed by atoms with Crippen molar-refractivity contribution in [2.45, 2.75) is 77.2 Å². The number of pyridine rings is 2. The number of fused-ring (bicyclic) bond motifs is 2. The maximum Gasteiger partial charge on any atom is 0.417 e. The maximum atomic E-state index is 15.2. The van der Waals surface area contributed by atoms with E-state index in [0.717, 1.165) is 114 Å². The Morgan fingerprint density at radius 2 is 1.24 bits per heavy atom. The molecule has 6 aliphatic heterocycles. The lowest BCUT2D eigenvalue weighted by Gasteiger charge is -2.42. The number of hydrogen-bond donors (Lipinski definition) is 1. The van der Waals surface area contributed by atoms with E-state index in [9.17, 15) is 24.0 Å². The summed E-state index contributed by atoms with van der Waals surface area (Å²) in [5.41, 5.74) is 3.00. The lowest BCUT2D eigenvalue weighted by Crippen LogP contribution is -2.54. The van der Waals surface area contributed by atoms with E-state index < -0.39 is 23.4 Å². The van der Waals surface area contributed by atoms with Crippen LogP contribution in [-0.4, -0.2) is 182 Å². The fourth-order valence-electron chi connectivity index (χ4n) is 11.7. The number of ether oxygens (including phenoxy) is 1. The van der Waals surface area contributed by atoms with Crippen LogP contribution in [0.1, 0.15) is 84.1 Å². The first-order valence-electron chi connectivity index (χ1n) is 27.4. The molecule has 4 saturated heterocycles. The van der Waals surface area contributed by atoms with Gasteiger partial charge < -0.3 is 29.7 Å². The van der Waals surface area contributed by atoms with Crippen molar-refractivity contribution in [3.8, 4) is 40.0 Å². The van der Waals surface area contributed by atoms with E-state index in [1.54, 1.807) is 66.7 Å². The van der Waals surface area contributed by atoms with Crippen molar-refractivity contribution < 1.29 is 27.9 Å². The number of amides is 3. The van der Waals surface area contributed by atoms with Gasteiger partial charge in [0.2, 0.25) is 0 Å². The molecule has 0 spiro atoms. The topological polar surface area (TPSA) is 180 Å². The fraction of sp³-hybridized carbons (Fsp3) is 0.448. The Morgan fingerprint density at radius 3 is 1.82 bits per heavy atom. The number of likely N-dealkylation sites (N-methyl/N-ethyl adjacent to an activating group) is 2. The van der Waals surface area contributed by atoms with E-state index in [-0.39, 0.29) is 46.3 Å². The molecule has 6 aromatic rings. The number of nitrogens with zero attached hydrogens (tertiary/aromatic N) is 14. The second-order valence-electron chi connectivity index (χ2n) is 22.4. The van der Waals surface area contributed by atoms with E-state index in [1.807, 2.05) is 24.4 Å². The molecule has 0 bridgehead atoms. The average molecular weight is 1080 g/mol. The molecule has 4 fully saturated rings. The molecule has 2 atom stereocenters. The number of aromatic nitrogens is 6. The van der Waals surface area contributed by atoms with Gasteiger partial charge in [-0.25, -0.2) is 37.8 Å². The Balaban J connectivity index is 0.000000171. The summed E-state index contributed by atoms with van der Waals surface area (Å²) in [5.74, 6) is -0.0164. The molecule has 3 amide bonds. The monoisotopic (exact) mass is 1080 g/mol. The highest BCUT2D eigenvalue weighted by Crippen LogP contribution is 2.36. The van der Waals surface area contributed by atoms with Crippen molar-refractivity contribution in [1.29, 1.82) is 5.26 Å². The Kier molecular flexibility index (Phi) is 15.0. The number of nitriles is 1. The summed E-state index contributed by atoms with van der Waals surface area (Å²) in [4.78, 5) is 64.1. The zero-order valence-electron chi connectivity index (χ0n) is 45.5. The van der Waals surface area contributed by atoms with Gasteiger partial charge in [0.05, 0.1) is 75.6 Å². The van der Waals surface area contributed by atoms with Crippen LogP contribution in [-0.2, 0) is 17.8 Å². The van der Waals surface area contributed by atoms with Gasteiger partial charge in [0.15, 0.2) is 11.6 Å². The number of benzene rings is 2. The summed E-state index contributed by atoms with van der Waals surface area (Å²) in [5, 5.41) is 22.3. The predicted molar refractivity (Wildman–Crippen MR) is 294 cm³/mol. The molecule has 6 aliphatic rings. The second kappa shape index (κ2) is 22.2. The molecule has 2 unspecified atom stereocenters. The van der Waals surface area contributed by atoms with Crippen molar-refractivity contribution in [2.75, 3.05) is 102 Å². The number of carbonyl (C=O) groups is 3. The highest BCUT2D eigenvalue weighted by atomic mass is 19.1. The van der Waals surface area contributed by atoms with Crippen LogP contribution in [0.25, 0.3) is 33.9 Å². The van der Waals surface area contributed by atoms with Gasteiger partial charge in [-0.15, -0.1) is 0 Å². The van der Waals surface area contributed by atoms with Gasteiger partial charge in [0, 0.05) is 121 Å². The summed E-state index contributed by atoms with van der Waals surface area (Å²) >= 11 is 0. The standard InChI is InChI=1S/C32H37FN8O3.C26H30FN7O/c1-32(2,3)44-31(43)40-20-25-29(30(40)42)26(17-24(35-25)28-21(18-34)7-5-9-23(28)33)41-12-10-27(36-41)39-11-6-8-22(19-39)38-15-13-37(4)14-16-38;1-31-11-13-32(14-12-31)18-5-4-9-33(17-18)24-8-10-34(30-24)23-15-21(19-6-2-3-7-20(19)27)29-22-16-28-26(35)25(22)23/h5,7,9-10,12,17,22H,6,8,11,13-16,19-20H2,1-4H3;2-3,6-8,10,15,18H,4-5,9,11-14,16-17H2,1H3,(H,28,35). The van der Waals surface area contributed by atoms with E-state index in [2.05, 4.69) is 58.8 Å². The smallest absolute Gasteiger partial charge is 0.417 e. The summed E-state index contributed by atoms with van der Waals surface area (Å²) < 4.78 is 38.5. The quantitative estimate of drug-likeness (QED) is 0.173. The minimum Gasteiger partial charge on any atom is -0.443 e. The van der Waals surface area contributed by atoms with Crippen LogP contribution in [0.4, 0.5) is 25.2 Å². The van der Waals surface area contributed by atoms with Crippen LogP contribution in [0.2, 0.25) is 0 Å². The van der Waals surface area contributed by atoms with Crippen LogP contribution in [0.15, 0.2) is 79.1 Å². The maximum absolute atomic E-state index is 15.2. The molecule has 12 rings (SSSR count). The Morgan fingerprint density at radius 1 is 0.684 bits per heavy atom. The van der Waals surface area contributed by atoms with Gasteiger partial charge in [-0.05, 0) is 96.9 Å². The Hall–Kier alpha value is -7.64. The van der Waals surface area contributed by atoms with E-state index >= 15 is 4.39 Å². The number of rotatable bonds is 8. The molecule has 1 N–H and O–H groups in total. The molecular formula is C58H67F2N15O4. The summed E-state index contributed by atoms with van der Waals surface area (Å²) in [7, 11) is 4.34. The second-order valence-corrected chi connectivity index (χ2v) is 22.4. The first-order valence-corrected chi connectivity index (χ1v) is 27.4. The molecule has 412 valence electrons. The third-order valence-corrected chi connectivity index (χ3v) is 15.9. The number of carbonyl (C=O) groups excluding carboxylic acids is 3. The number of piperidine rings is 2. The molecular weight excluding hydrogens is 1010 g/mol. The molecule has 2 aromatic carbocycles. The summed E-state index contributed by atoms with van der Waals surface area (Å²) in [6.07, 6.45) is 7.40. The third kappa shape index (κ3) is 11.2. The van der Waals surface area contributed by atoms with Crippen molar-refractivity contribution >= 4 is 29.5 Å². The predicted octanol–water partition coefficient (Wildman–Crippen LogP) is 6.59. The van der Waals surface area contributed by atoms with Crippen molar-refractivity contribution in [3.05, 3.63) is 119 Å². The number of imide groups is 1. The zero-order valence-corrected chi connectivity index (χ0v) is 45.5. The van der Waals surface area contributed by atoms with E-state index in [0.29, 0.717) is 52.5 Å². The summed E-state index contributed by atoms with van der Waals surface area (Å²) in [6, 6.07) is 21.1. The van der Waals surface area contributed by atoms with Gasteiger partial charge in [-0.3, -0.25) is 19.4 Å². The summed E-state index contributed by atoms with van der Waals surface area (Å²) in [6.45, 7) is 17.7. The minimum atomic E-state index is -0.810. The highest BCUT2D eigenvalue weighted by molar-refractivity contribution is 6.09. The van der Waals surface area contributed by atoms with Crippen LogP contribution in [0, 0.1) is 23.0 Å². The SMILES string of the molecule is CN1CCN(C2CCCN(c3ccn(-c4cc(-c5c(F)cccc5C#N)nc5c4C(=O)N(C(=O)OC(C)(C)C)C5)n3)C2)CC1.CN1CCN(C2CCCN(c3ccn(-c4cc(-c5ccccc5F)nc5c4C(=O)NC5)n3)C2)CC1. The van der Waals surface area contributed by atoms with Gasteiger partial charge in [0.25, 0.3) is 11.8 Å². The number of nitrogens with one attached hydrogen (secondary N) is 1. The molecule has 0 saturated carbocycles. The number of halogens is 2. The van der Waals surface area contributed by atoms with E-state index in [4.69, 9.17) is 14.9 Å². The molecule has 19 nitrogen and oxygen atoms in total. The van der Waals surface area contributed by atoms with Crippen molar-refractivity contribution in [1.82, 2.24) is 59.3 Å². The Bertz CT molecular complexity index is 3310. The molecule has 10 heterocycles. The number of anilines is 2.